The van der Waals surface area contributed by atoms with E-state index in [1.807, 2.05) is 91.0 Å². The zero-order valence-corrected chi connectivity index (χ0v) is 35.0. The number of nitrogens with two attached hydrogens (primary N) is 1. The molecule has 0 aliphatic carbocycles. The number of benzene rings is 4. The summed E-state index contributed by atoms with van der Waals surface area (Å²) in [5, 5.41) is 12.3. The number of aromatic amines is 1. The smallest absolute Gasteiger partial charge is 0.429 e. The molecule has 1 aliphatic rings. The third-order valence-electron chi connectivity index (χ3n) is 10.3. The number of carbonyl (C=O) groups excluding carboxylic acids is 1. The topological polar surface area (TPSA) is 215 Å². The number of hydrogen-bond donors (Lipinski definition) is 2. The quantitative estimate of drug-likeness (QED) is 0.0265. The summed E-state index contributed by atoms with van der Waals surface area (Å²) < 4.78 is 47.8. The first-order chi connectivity index (χ1) is 30.7. The van der Waals surface area contributed by atoms with Crippen LogP contribution in [0.25, 0.3) is 0 Å². The largest absolute Gasteiger partial charge is 0.508 e. The summed E-state index contributed by atoms with van der Waals surface area (Å²) in [7, 11) is 0. The lowest BCUT2D eigenvalue weighted by Gasteiger charge is -2.37. The van der Waals surface area contributed by atoms with Crippen LogP contribution in [0.2, 0.25) is 0 Å². The Hall–Kier alpha value is -6.05. The zero-order valence-electron chi connectivity index (χ0n) is 35.0. The molecular formula is C46H52N4O13. The number of nitro groups is 1. The first-order valence-electron chi connectivity index (χ1n) is 20.6. The molecule has 1 unspecified atom stereocenters. The van der Waals surface area contributed by atoms with Crippen molar-refractivity contribution in [3.05, 3.63) is 180 Å². The molecule has 0 saturated carbocycles. The normalized spacial score (nSPS) is 16.2. The van der Waals surface area contributed by atoms with Crippen LogP contribution in [0.15, 0.2) is 125 Å². The van der Waals surface area contributed by atoms with E-state index >= 15 is 0 Å². The summed E-state index contributed by atoms with van der Waals surface area (Å²) in [6.45, 7) is 3.76. The van der Waals surface area contributed by atoms with Crippen LogP contribution in [-0.4, -0.2) is 92.2 Å². The highest BCUT2D eigenvalue weighted by Gasteiger charge is 2.44. The molecule has 2 heterocycles. The average Bonchev–Trinajstić information content (AvgIpc) is 3.70. The van der Waals surface area contributed by atoms with Crippen molar-refractivity contribution in [2.24, 2.45) is 5.73 Å². The molecule has 6 rings (SSSR count). The number of aromatic nitrogens is 2. The van der Waals surface area contributed by atoms with Crippen molar-refractivity contribution in [2.45, 2.75) is 50.6 Å². The highest BCUT2D eigenvalue weighted by molar-refractivity contribution is 5.61. The predicted molar refractivity (Wildman–Crippen MR) is 229 cm³/mol. The van der Waals surface area contributed by atoms with Crippen LogP contribution in [0.1, 0.15) is 46.0 Å². The molecule has 5 aromatic rings. The second-order valence-corrected chi connectivity index (χ2v) is 14.5. The lowest BCUT2D eigenvalue weighted by molar-refractivity contribution is -0.386. The van der Waals surface area contributed by atoms with Gasteiger partial charge in [-0.25, -0.2) is 9.59 Å². The van der Waals surface area contributed by atoms with Gasteiger partial charge in [0, 0.05) is 24.7 Å². The Labute approximate surface area is 363 Å². The second-order valence-electron chi connectivity index (χ2n) is 14.5. The minimum Gasteiger partial charge on any atom is -0.429 e. The number of aryl methyl sites for hydroxylation is 1. The van der Waals surface area contributed by atoms with E-state index in [4.69, 9.17) is 43.6 Å². The molecule has 1 aliphatic heterocycles. The Balaban J connectivity index is 1.15. The number of ether oxygens (including phenoxy) is 8. The molecule has 1 saturated heterocycles. The van der Waals surface area contributed by atoms with Crippen LogP contribution in [0.5, 0.6) is 0 Å². The molecule has 0 bridgehead atoms. The van der Waals surface area contributed by atoms with E-state index in [2.05, 4.69) is 4.98 Å². The van der Waals surface area contributed by atoms with E-state index < -0.39 is 53.0 Å². The van der Waals surface area contributed by atoms with Gasteiger partial charge in [-0.2, -0.15) is 0 Å². The number of rotatable bonds is 24. The van der Waals surface area contributed by atoms with E-state index in [0.29, 0.717) is 39.6 Å². The molecule has 0 radical (unpaired) electrons. The van der Waals surface area contributed by atoms with Crippen molar-refractivity contribution in [3.63, 3.8) is 0 Å². The number of H-pyrrole nitrogens is 1. The Morgan fingerprint density at radius 3 is 1.84 bits per heavy atom. The Bertz CT molecular complexity index is 2230. The molecule has 0 amide bonds. The third kappa shape index (κ3) is 12.3. The molecule has 334 valence electrons. The molecule has 1 aromatic heterocycles. The Morgan fingerprint density at radius 2 is 1.30 bits per heavy atom. The monoisotopic (exact) mass is 868 g/mol. The summed E-state index contributed by atoms with van der Waals surface area (Å²) in [6, 6.07) is 33.6. The molecule has 63 heavy (non-hydrogen) atoms. The van der Waals surface area contributed by atoms with Crippen molar-refractivity contribution < 1.29 is 47.6 Å². The maximum Gasteiger partial charge on any atom is 0.508 e. The molecular weight excluding hydrogens is 817 g/mol. The van der Waals surface area contributed by atoms with Gasteiger partial charge in [-0.3, -0.25) is 24.5 Å². The van der Waals surface area contributed by atoms with Crippen LogP contribution in [0.4, 0.5) is 10.5 Å². The summed E-state index contributed by atoms with van der Waals surface area (Å²) in [5.41, 5.74) is 5.86. The van der Waals surface area contributed by atoms with Gasteiger partial charge in [0.25, 0.3) is 11.2 Å². The molecule has 3 atom stereocenters. The number of para-hydroxylation sites is 1. The summed E-state index contributed by atoms with van der Waals surface area (Å²) >= 11 is 0. The number of nitrogens with one attached hydrogen (secondary N) is 1. The van der Waals surface area contributed by atoms with Crippen molar-refractivity contribution in [2.75, 3.05) is 59.4 Å². The second kappa shape index (κ2) is 23.4. The van der Waals surface area contributed by atoms with Gasteiger partial charge in [-0.15, -0.1) is 0 Å². The van der Waals surface area contributed by atoms with Gasteiger partial charge < -0.3 is 43.6 Å². The fraction of sp³-hybridized carbons (Fsp3) is 0.370. The van der Waals surface area contributed by atoms with Gasteiger partial charge in [0.15, 0.2) is 0 Å². The Morgan fingerprint density at radius 1 is 0.778 bits per heavy atom. The van der Waals surface area contributed by atoms with Gasteiger partial charge in [0.2, 0.25) is 0 Å². The summed E-state index contributed by atoms with van der Waals surface area (Å²) in [6.07, 6.45) is -2.71. The first kappa shape index (κ1) is 46.5. The maximum atomic E-state index is 13.5. The van der Waals surface area contributed by atoms with Gasteiger partial charge in [0.05, 0.1) is 75.5 Å². The fourth-order valence-corrected chi connectivity index (χ4v) is 7.25. The van der Waals surface area contributed by atoms with E-state index in [0.717, 1.165) is 16.7 Å². The van der Waals surface area contributed by atoms with E-state index in [-0.39, 0.29) is 55.2 Å². The lowest BCUT2D eigenvalue weighted by Crippen LogP contribution is -2.39. The zero-order chi connectivity index (χ0) is 44.4. The van der Waals surface area contributed by atoms with Crippen LogP contribution < -0.4 is 17.0 Å². The molecule has 4 aromatic carbocycles. The molecule has 0 spiro atoms. The SMILES string of the molecule is Cc1cn([C@H]2C[C@@H](OC(=O)OCc3cccc(COCCOCCOCCOCCN)c3[N+](=O)[O-])C(COC(c3ccccc3)(c3ccccc3)c3ccccc3)O2)c(=O)[nH]c1=O. The highest BCUT2D eigenvalue weighted by Crippen LogP contribution is 2.42. The summed E-state index contributed by atoms with van der Waals surface area (Å²) in [4.78, 5) is 52.8. The molecule has 3 N–H and O–H groups in total. The van der Waals surface area contributed by atoms with Crippen molar-refractivity contribution in [1.29, 1.82) is 0 Å². The Kier molecular flexibility index (Phi) is 17.3. The van der Waals surface area contributed by atoms with Gasteiger partial charge in [-0.05, 0) is 35.7 Å². The first-order valence-corrected chi connectivity index (χ1v) is 20.6. The highest BCUT2D eigenvalue weighted by atomic mass is 16.7. The predicted octanol–water partition coefficient (Wildman–Crippen LogP) is 5.30. The summed E-state index contributed by atoms with van der Waals surface area (Å²) in [5.74, 6) is 0. The standard InChI is InChI=1S/C46H52N4O13/c1-33-29-49(44(52)48-43(33)51)41-28-39(40(62-41)32-61-46(36-14-5-2-6-15-36,37-16-7-3-8-17-37)38-18-9-4-10-19-38)63-45(53)60-31-35-13-11-12-34(42(35)50(54)55)30-59-27-26-58-25-24-57-23-22-56-21-20-47/h2-19,29,39-41H,20-28,30-32,47H2,1H3,(H,48,51,52)/t39-,40?,41-/m1/s1. The van der Waals surface area contributed by atoms with Crippen molar-refractivity contribution in [1.82, 2.24) is 9.55 Å². The lowest BCUT2D eigenvalue weighted by atomic mass is 9.80. The van der Waals surface area contributed by atoms with Gasteiger partial charge >= 0.3 is 11.8 Å². The number of nitrogens with zero attached hydrogens (tertiary/aromatic N) is 2. The number of hydrogen-bond acceptors (Lipinski definition) is 14. The van der Waals surface area contributed by atoms with Crippen molar-refractivity contribution in [3.8, 4) is 0 Å². The van der Waals surface area contributed by atoms with E-state index in [1.165, 1.54) is 16.8 Å². The number of nitro benzene ring substituents is 1. The van der Waals surface area contributed by atoms with E-state index in [9.17, 15) is 24.5 Å². The van der Waals surface area contributed by atoms with Crippen LogP contribution in [0.3, 0.4) is 0 Å². The van der Waals surface area contributed by atoms with Crippen molar-refractivity contribution >= 4 is 11.8 Å². The van der Waals surface area contributed by atoms with Crippen LogP contribution in [0, 0.1) is 17.0 Å². The van der Waals surface area contributed by atoms with Crippen LogP contribution >= 0.6 is 0 Å². The maximum absolute atomic E-state index is 13.5. The average molecular weight is 869 g/mol. The van der Waals surface area contributed by atoms with E-state index in [1.54, 1.807) is 19.1 Å². The third-order valence-corrected chi connectivity index (χ3v) is 10.3. The van der Waals surface area contributed by atoms with Gasteiger partial charge in [0.1, 0.15) is 30.6 Å². The molecule has 1 fully saturated rings. The minimum atomic E-state index is -1.15. The fourth-order valence-electron chi connectivity index (χ4n) is 7.25. The number of carbonyl (C=O) groups is 1. The minimum absolute atomic E-state index is 0.0164. The molecule has 17 heteroatoms. The van der Waals surface area contributed by atoms with Crippen LogP contribution in [-0.2, 0) is 56.7 Å². The van der Waals surface area contributed by atoms with Gasteiger partial charge in [-0.1, -0.05) is 97.1 Å². The molecule has 17 nitrogen and oxygen atoms in total.